The van der Waals surface area contributed by atoms with Gasteiger partial charge in [-0.3, -0.25) is 0 Å². The van der Waals surface area contributed by atoms with Gasteiger partial charge in [0.05, 0.1) is 7.11 Å². The number of ether oxygens (including phenoxy) is 2. The summed E-state index contributed by atoms with van der Waals surface area (Å²) < 4.78 is 16.9. The predicted octanol–water partition coefficient (Wildman–Crippen LogP) is 0.925. The minimum atomic E-state index is -0.923. The Balaban J connectivity index is 4.48. The van der Waals surface area contributed by atoms with Crippen molar-refractivity contribution in [2.24, 2.45) is 0 Å². The maximum atomic E-state index is 11.5. The average molecular weight is 269 g/mol. The van der Waals surface area contributed by atoms with Gasteiger partial charge < -0.3 is 14.8 Å². The van der Waals surface area contributed by atoms with Crippen LogP contribution in [0, 0.1) is 0 Å². The molecule has 0 radical (unpaired) electrons. The fourth-order valence-electron chi connectivity index (χ4n) is 0.844. The number of hydrogen-bond donors (Lipinski definition) is 2. The van der Waals surface area contributed by atoms with E-state index in [1.807, 2.05) is 0 Å². The van der Waals surface area contributed by atoms with E-state index in [1.165, 1.54) is 7.11 Å². The number of methoxy groups -OCH3 is 1. The molecule has 0 aromatic heterocycles. The van der Waals surface area contributed by atoms with Crippen molar-refractivity contribution in [3.8, 4) is 0 Å². The second-order valence-corrected chi connectivity index (χ2v) is 5.52. The van der Waals surface area contributed by atoms with Crippen LogP contribution in [0.15, 0.2) is 0 Å². The molecule has 0 saturated heterocycles. The fourth-order valence-corrected chi connectivity index (χ4v) is 1.73. The molecule has 0 saturated carbocycles. The lowest BCUT2D eigenvalue weighted by atomic mass is 10.2. The first-order valence-corrected chi connectivity index (χ1v) is 6.87. The van der Waals surface area contributed by atoms with E-state index in [9.17, 15) is 9.59 Å². The minimum absolute atomic E-state index is 0.128. The molecule has 2 atom stereocenters. The molecule has 0 aliphatic carbocycles. The van der Waals surface area contributed by atoms with Crippen molar-refractivity contribution < 1.29 is 19.1 Å². The number of hydrogen-bond acceptors (Lipinski definition) is 4. The zero-order valence-corrected chi connectivity index (χ0v) is 11.6. The molecule has 16 heavy (non-hydrogen) atoms. The van der Waals surface area contributed by atoms with Crippen molar-refractivity contribution in [1.82, 2.24) is 5.32 Å². The topological polar surface area (TPSA) is 64.6 Å². The number of rotatable bonds is 4. The van der Waals surface area contributed by atoms with Crippen LogP contribution in [0.5, 0.6) is 0 Å². The highest BCUT2D eigenvalue weighted by Gasteiger charge is 2.23. The third-order valence-electron chi connectivity index (χ3n) is 1.43. The average Bonchev–Trinajstić information content (AvgIpc) is 2.11. The molecule has 94 valence electrons. The standard InChI is InChI=1S/C9H18NO4PS/c1-9(2,3)14-8(12)10-6(5-16-15)7(11)13-4/h6,15-16H,5H2,1-4H3,(H,10,12)/i16T. The van der Waals surface area contributed by atoms with Crippen molar-refractivity contribution in [2.75, 3.05) is 12.9 Å². The number of carbonyl (C=O) groups excluding carboxylic acids is 2. The van der Waals surface area contributed by atoms with Crippen molar-refractivity contribution in [3.63, 3.8) is 0 Å². The van der Waals surface area contributed by atoms with Crippen LogP contribution in [0.4, 0.5) is 4.79 Å². The molecule has 0 aliphatic heterocycles. The third kappa shape index (κ3) is 6.80. The quantitative estimate of drug-likeness (QED) is 0.452. The van der Waals surface area contributed by atoms with E-state index in [0.717, 1.165) is 0 Å². The molecule has 0 fully saturated rings. The van der Waals surface area contributed by atoms with Gasteiger partial charge >= 0.3 is 12.1 Å². The lowest BCUT2D eigenvalue weighted by Crippen LogP contribution is -2.45. The summed E-state index contributed by atoms with van der Waals surface area (Å²) in [6.45, 7) is 5.16. The monoisotopic (exact) mass is 269 g/mol. The molecule has 0 aliphatic rings. The van der Waals surface area contributed by atoms with Gasteiger partial charge in [0.2, 0.25) is 0 Å². The summed E-state index contributed by atoms with van der Waals surface area (Å²) >= 11 is 0. The largest absolute Gasteiger partial charge is 0.467 e. The first kappa shape index (κ1) is 13.5. The van der Waals surface area contributed by atoms with Crippen LogP contribution in [0.1, 0.15) is 20.8 Å². The first-order valence-electron chi connectivity index (χ1n) is 5.07. The summed E-state index contributed by atoms with van der Waals surface area (Å²) in [5, 5.41) is 2.38. The molecule has 0 bridgehead atoms. The van der Waals surface area contributed by atoms with Gasteiger partial charge in [0.15, 0.2) is 0 Å². The minimum Gasteiger partial charge on any atom is -0.467 e. The summed E-state index contributed by atoms with van der Waals surface area (Å²) in [7, 11) is 3.37. The molecule has 0 aromatic rings. The van der Waals surface area contributed by atoms with Crippen LogP contribution in [0.3, 0.4) is 0 Å². The summed E-state index contributed by atoms with van der Waals surface area (Å²) in [5.41, 5.74) is -0.638. The SMILES string of the molecule is [3H]S(=P)CC(NC(=O)OC(C)(C)C)C(=O)OC. The highest BCUT2D eigenvalue weighted by Crippen LogP contribution is 2.06. The molecule has 0 aromatic carbocycles. The van der Waals surface area contributed by atoms with Crippen LogP contribution in [0.25, 0.3) is 0 Å². The molecule has 0 rings (SSSR count). The van der Waals surface area contributed by atoms with Crippen LogP contribution < -0.4 is 5.32 Å². The van der Waals surface area contributed by atoms with E-state index in [1.54, 1.807) is 20.8 Å². The van der Waals surface area contributed by atoms with E-state index >= 15 is 0 Å². The van der Waals surface area contributed by atoms with Crippen molar-refractivity contribution in [2.45, 2.75) is 32.4 Å². The van der Waals surface area contributed by atoms with E-state index in [2.05, 4.69) is 18.1 Å². The number of thiol groups is 1. The lowest BCUT2D eigenvalue weighted by molar-refractivity contribution is -0.142. The Morgan fingerprint density at radius 3 is 2.50 bits per heavy atom. The summed E-state index contributed by atoms with van der Waals surface area (Å²) in [4.78, 5) is 22.8. The van der Waals surface area contributed by atoms with Gasteiger partial charge in [-0.1, -0.05) is 8.02 Å². The number of alkyl carbamates (subject to hydrolysis) is 1. The predicted molar refractivity (Wildman–Crippen MR) is 67.1 cm³/mol. The van der Waals surface area contributed by atoms with Gasteiger partial charge in [-0.25, -0.2) is 9.59 Å². The highest BCUT2D eigenvalue weighted by molar-refractivity contribution is 8.02. The van der Waals surface area contributed by atoms with Gasteiger partial charge in [0, 0.05) is 5.75 Å². The van der Waals surface area contributed by atoms with Gasteiger partial charge in [0.25, 0.3) is 0 Å². The number of carbonyl (C=O) groups is 2. The second-order valence-electron chi connectivity index (χ2n) is 4.03. The Hall–Kier alpha value is -0.610. The van der Waals surface area contributed by atoms with Gasteiger partial charge in [0.1, 0.15) is 12.8 Å². The maximum absolute atomic E-state index is 11.5. The smallest absolute Gasteiger partial charge is 0.408 e. The molecular weight excluding hydrogens is 249 g/mol. The van der Waals surface area contributed by atoms with E-state index in [0.29, 0.717) is 0 Å². The number of esters is 1. The van der Waals surface area contributed by atoms with Gasteiger partial charge in [-0.05, 0) is 20.8 Å². The van der Waals surface area contributed by atoms with Crippen LogP contribution in [-0.4, -0.2) is 37.7 Å². The Labute approximate surface area is 102 Å². The van der Waals surface area contributed by atoms with E-state index in [4.69, 9.17) is 5.86 Å². The zero-order valence-electron chi connectivity index (χ0n) is 10.8. The van der Waals surface area contributed by atoms with Gasteiger partial charge in [-0.15, -0.1) is 0 Å². The number of nitrogens with one attached hydrogen (secondary N) is 1. The van der Waals surface area contributed by atoms with Crippen molar-refractivity contribution in [3.05, 3.63) is 0 Å². The highest BCUT2D eigenvalue weighted by atomic mass is 32.5. The Bertz CT molecular complexity index is 319. The second kappa shape index (κ2) is 6.86. The summed E-state index contributed by atoms with van der Waals surface area (Å²) in [6, 6.07) is -0.881. The molecule has 1 amide bonds. The molecule has 0 spiro atoms. The molecule has 5 nitrogen and oxygen atoms in total. The van der Waals surface area contributed by atoms with Crippen LogP contribution in [0.2, 0.25) is 0 Å². The Morgan fingerprint density at radius 1 is 1.56 bits per heavy atom. The van der Waals surface area contributed by atoms with Crippen LogP contribution in [-0.2, 0) is 25.1 Å². The Kier molecular flexibility index (Phi) is 5.77. The number of amides is 1. The fraction of sp³-hybridized carbons (Fsp3) is 0.778. The summed E-state index contributed by atoms with van der Waals surface area (Å²) in [5.74, 6) is -0.470. The van der Waals surface area contributed by atoms with Crippen LogP contribution >= 0.6 is 8.02 Å². The van der Waals surface area contributed by atoms with E-state index < -0.39 is 34.5 Å². The lowest BCUT2D eigenvalue weighted by Gasteiger charge is -2.22. The van der Waals surface area contributed by atoms with Crippen molar-refractivity contribution >= 4 is 30.9 Å². The third-order valence-corrected chi connectivity index (χ3v) is 2.43. The molecular formula is C9H18NO4PS. The van der Waals surface area contributed by atoms with E-state index in [-0.39, 0.29) is 5.75 Å². The van der Waals surface area contributed by atoms with Gasteiger partial charge in [-0.2, -0.15) is 10.8 Å². The normalized spacial score (nSPS) is 15.6. The Morgan fingerprint density at radius 2 is 2.12 bits per heavy atom. The summed E-state index contributed by atoms with van der Waals surface area (Å²) in [6.07, 6.45) is -0.704. The molecule has 2 unspecified atom stereocenters. The van der Waals surface area contributed by atoms with Crippen molar-refractivity contribution in [1.29, 1.82) is 1.12 Å². The zero-order chi connectivity index (χ0) is 13.6. The molecule has 1 N–H and O–H groups in total. The molecule has 7 heteroatoms. The molecule has 0 heterocycles. The maximum Gasteiger partial charge on any atom is 0.408 e. The first-order chi connectivity index (χ1) is 7.65.